The fourth-order valence-electron chi connectivity index (χ4n) is 1.47. The SMILES string of the molecule is COC(=O)c1ccc(N)c(-c2cccnn2)c1. The van der Waals surface area contributed by atoms with Gasteiger partial charge >= 0.3 is 5.97 Å². The Bertz CT molecular complexity index is 541. The molecule has 1 aromatic heterocycles. The van der Waals surface area contributed by atoms with E-state index in [-0.39, 0.29) is 0 Å². The van der Waals surface area contributed by atoms with Gasteiger partial charge in [0.1, 0.15) is 0 Å². The van der Waals surface area contributed by atoms with Crippen molar-refractivity contribution in [2.24, 2.45) is 0 Å². The minimum Gasteiger partial charge on any atom is -0.465 e. The van der Waals surface area contributed by atoms with Gasteiger partial charge in [-0.05, 0) is 30.3 Å². The molecule has 5 nitrogen and oxygen atoms in total. The van der Waals surface area contributed by atoms with Crippen molar-refractivity contribution in [2.45, 2.75) is 0 Å². The lowest BCUT2D eigenvalue weighted by atomic mass is 10.1. The van der Waals surface area contributed by atoms with E-state index in [1.165, 1.54) is 7.11 Å². The average molecular weight is 229 g/mol. The Morgan fingerprint density at radius 3 is 2.82 bits per heavy atom. The highest BCUT2D eigenvalue weighted by atomic mass is 16.5. The third-order valence-corrected chi connectivity index (χ3v) is 2.32. The van der Waals surface area contributed by atoms with Crippen LogP contribution in [0.15, 0.2) is 36.5 Å². The number of carbonyl (C=O) groups is 1. The third kappa shape index (κ3) is 2.23. The third-order valence-electron chi connectivity index (χ3n) is 2.32. The van der Waals surface area contributed by atoms with E-state index in [1.807, 2.05) is 0 Å². The Kier molecular flexibility index (Phi) is 3.00. The Balaban J connectivity index is 2.50. The quantitative estimate of drug-likeness (QED) is 0.623. The molecule has 0 spiro atoms. The molecule has 0 saturated heterocycles. The number of nitrogens with zero attached hydrogens (tertiary/aromatic N) is 2. The Morgan fingerprint density at radius 1 is 1.35 bits per heavy atom. The summed E-state index contributed by atoms with van der Waals surface area (Å²) in [5.41, 5.74) is 8.10. The maximum Gasteiger partial charge on any atom is 0.337 e. The number of hydrogen-bond donors (Lipinski definition) is 1. The highest BCUT2D eigenvalue weighted by Gasteiger charge is 2.10. The lowest BCUT2D eigenvalue weighted by Crippen LogP contribution is -2.03. The molecule has 2 aromatic rings. The molecular formula is C12H11N3O2. The van der Waals surface area contributed by atoms with Crippen LogP contribution in [-0.2, 0) is 4.74 Å². The highest BCUT2D eigenvalue weighted by molar-refractivity contribution is 5.92. The number of nitrogens with two attached hydrogens (primary N) is 1. The van der Waals surface area contributed by atoms with Crippen LogP contribution in [0.3, 0.4) is 0 Å². The van der Waals surface area contributed by atoms with Crippen molar-refractivity contribution < 1.29 is 9.53 Å². The molecule has 0 aliphatic rings. The fraction of sp³-hybridized carbons (Fsp3) is 0.0833. The molecule has 0 amide bonds. The van der Waals surface area contributed by atoms with E-state index in [1.54, 1.807) is 36.5 Å². The van der Waals surface area contributed by atoms with Crippen molar-refractivity contribution in [3.63, 3.8) is 0 Å². The molecule has 0 aliphatic heterocycles. The second-order valence-electron chi connectivity index (χ2n) is 3.40. The molecule has 0 saturated carbocycles. The summed E-state index contributed by atoms with van der Waals surface area (Å²) in [6, 6.07) is 8.44. The summed E-state index contributed by atoms with van der Waals surface area (Å²) in [5, 5.41) is 7.73. The Labute approximate surface area is 98.2 Å². The summed E-state index contributed by atoms with van der Waals surface area (Å²) < 4.78 is 4.65. The maximum atomic E-state index is 11.4. The maximum absolute atomic E-state index is 11.4. The zero-order valence-corrected chi connectivity index (χ0v) is 9.25. The summed E-state index contributed by atoms with van der Waals surface area (Å²) in [6.07, 6.45) is 1.57. The number of rotatable bonds is 2. The van der Waals surface area contributed by atoms with Crippen molar-refractivity contribution in [3.8, 4) is 11.3 Å². The van der Waals surface area contributed by atoms with Crippen LogP contribution in [0.25, 0.3) is 11.3 Å². The zero-order chi connectivity index (χ0) is 12.3. The molecule has 17 heavy (non-hydrogen) atoms. The molecule has 0 fully saturated rings. The first-order valence-electron chi connectivity index (χ1n) is 4.98. The molecule has 2 N–H and O–H groups in total. The van der Waals surface area contributed by atoms with E-state index in [9.17, 15) is 4.79 Å². The van der Waals surface area contributed by atoms with Crippen LogP contribution >= 0.6 is 0 Å². The number of anilines is 1. The van der Waals surface area contributed by atoms with Gasteiger partial charge in [-0.15, -0.1) is 0 Å². The van der Waals surface area contributed by atoms with Crippen LogP contribution in [0.4, 0.5) is 5.69 Å². The number of aromatic nitrogens is 2. The molecule has 1 heterocycles. The van der Waals surface area contributed by atoms with Crippen LogP contribution in [-0.4, -0.2) is 23.3 Å². The van der Waals surface area contributed by atoms with Gasteiger partial charge < -0.3 is 10.5 Å². The average Bonchev–Trinajstić information content (AvgIpc) is 2.39. The first-order valence-corrected chi connectivity index (χ1v) is 4.98. The van der Waals surface area contributed by atoms with Crippen molar-refractivity contribution >= 4 is 11.7 Å². The van der Waals surface area contributed by atoms with Gasteiger partial charge in [0.2, 0.25) is 0 Å². The van der Waals surface area contributed by atoms with Gasteiger partial charge in [-0.3, -0.25) is 0 Å². The predicted molar refractivity (Wildman–Crippen MR) is 63.2 cm³/mol. The molecule has 0 radical (unpaired) electrons. The van der Waals surface area contributed by atoms with Gasteiger partial charge in [0.05, 0.1) is 18.4 Å². The van der Waals surface area contributed by atoms with E-state index in [0.29, 0.717) is 22.5 Å². The highest BCUT2D eigenvalue weighted by Crippen LogP contribution is 2.24. The summed E-state index contributed by atoms with van der Waals surface area (Å²) in [4.78, 5) is 11.4. The number of methoxy groups -OCH3 is 1. The standard InChI is InChI=1S/C12H11N3O2/c1-17-12(16)8-4-5-10(13)9(7-8)11-3-2-6-14-15-11/h2-7H,13H2,1H3. The molecule has 0 bridgehead atoms. The Hall–Kier alpha value is -2.43. The Morgan fingerprint density at radius 2 is 2.18 bits per heavy atom. The normalized spacial score (nSPS) is 9.94. The number of ether oxygens (including phenoxy) is 1. The second-order valence-corrected chi connectivity index (χ2v) is 3.40. The first-order chi connectivity index (χ1) is 8.22. The summed E-state index contributed by atoms with van der Waals surface area (Å²) in [5.74, 6) is -0.407. The van der Waals surface area contributed by atoms with E-state index < -0.39 is 5.97 Å². The van der Waals surface area contributed by atoms with Gasteiger partial charge in [-0.1, -0.05) is 0 Å². The summed E-state index contributed by atoms with van der Waals surface area (Å²) in [6.45, 7) is 0. The van der Waals surface area contributed by atoms with E-state index in [0.717, 1.165) is 0 Å². The number of benzene rings is 1. The van der Waals surface area contributed by atoms with E-state index in [4.69, 9.17) is 5.73 Å². The van der Waals surface area contributed by atoms with E-state index >= 15 is 0 Å². The smallest absolute Gasteiger partial charge is 0.337 e. The summed E-state index contributed by atoms with van der Waals surface area (Å²) >= 11 is 0. The van der Waals surface area contributed by atoms with Gasteiger partial charge in [0, 0.05) is 17.4 Å². The predicted octanol–water partition coefficient (Wildman–Crippen LogP) is 1.51. The van der Waals surface area contributed by atoms with Crippen LogP contribution in [0.2, 0.25) is 0 Å². The second kappa shape index (κ2) is 4.61. The van der Waals surface area contributed by atoms with Crippen molar-refractivity contribution in [3.05, 3.63) is 42.1 Å². The molecule has 5 heteroatoms. The molecule has 0 atom stereocenters. The van der Waals surface area contributed by atoms with Gasteiger partial charge in [-0.2, -0.15) is 10.2 Å². The van der Waals surface area contributed by atoms with Gasteiger partial charge in [0.25, 0.3) is 0 Å². The van der Waals surface area contributed by atoms with Crippen LogP contribution in [0, 0.1) is 0 Å². The molecule has 0 unspecified atom stereocenters. The molecule has 0 aliphatic carbocycles. The topological polar surface area (TPSA) is 78.1 Å². The molecule has 86 valence electrons. The number of esters is 1. The van der Waals surface area contributed by atoms with Gasteiger partial charge in [-0.25, -0.2) is 4.79 Å². The van der Waals surface area contributed by atoms with Crippen molar-refractivity contribution in [1.29, 1.82) is 0 Å². The minimum atomic E-state index is -0.407. The van der Waals surface area contributed by atoms with E-state index in [2.05, 4.69) is 14.9 Å². The number of nitrogen functional groups attached to an aromatic ring is 1. The minimum absolute atomic E-state index is 0.407. The lowest BCUT2D eigenvalue weighted by Gasteiger charge is -2.06. The first kappa shape index (κ1) is 11.1. The van der Waals surface area contributed by atoms with Crippen LogP contribution < -0.4 is 5.73 Å². The van der Waals surface area contributed by atoms with Gasteiger partial charge in [0.15, 0.2) is 0 Å². The molecule has 1 aromatic carbocycles. The number of carbonyl (C=O) groups excluding carboxylic acids is 1. The lowest BCUT2D eigenvalue weighted by molar-refractivity contribution is 0.0601. The van der Waals surface area contributed by atoms with Crippen LogP contribution in [0.1, 0.15) is 10.4 Å². The zero-order valence-electron chi connectivity index (χ0n) is 9.25. The molecular weight excluding hydrogens is 218 g/mol. The largest absolute Gasteiger partial charge is 0.465 e. The monoisotopic (exact) mass is 229 g/mol. The molecule has 2 rings (SSSR count). The van der Waals surface area contributed by atoms with Crippen molar-refractivity contribution in [2.75, 3.05) is 12.8 Å². The van der Waals surface area contributed by atoms with Crippen molar-refractivity contribution in [1.82, 2.24) is 10.2 Å². The fourth-order valence-corrected chi connectivity index (χ4v) is 1.47. The van der Waals surface area contributed by atoms with Crippen LogP contribution in [0.5, 0.6) is 0 Å². The number of hydrogen-bond acceptors (Lipinski definition) is 5. The summed E-state index contributed by atoms with van der Waals surface area (Å²) in [7, 11) is 1.33.